The quantitative estimate of drug-likeness (QED) is 0.891. The second kappa shape index (κ2) is 4.63. The molecule has 0 radical (unpaired) electrons. The van der Waals surface area contributed by atoms with Gasteiger partial charge < -0.3 is 10.4 Å². The van der Waals surface area contributed by atoms with Crippen LogP contribution >= 0.6 is 27.3 Å². The molecule has 1 aromatic heterocycles. The minimum atomic E-state index is -0.379. The van der Waals surface area contributed by atoms with Crippen molar-refractivity contribution in [3.8, 4) is 0 Å². The Morgan fingerprint density at radius 3 is 3.00 bits per heavy atom. The van der Waals surface area contributed by atoms with Crippen LogP contribution in [0.2, 0.25) is 0 Å². The Kier molecular flexibility index (Phi) is 3.43. The second-order valence-corrected chi connectivity index (χ2v) is 6.04. The van der Waals surface area contributed by atoms with Crippen LogP contribution in [0.5, 0.6) is 0 Å². The minimum absolute atomic E-state index is 0.114. The monoisotopic (exact) mass is 289 g/mol. The fourth-order valence-corrected chi connectivity index (χ4v) is 2.51. The number of halogens is 1. The highest BCUT2D eigenvalue weighted by Crippen LogP contribution is 2.32. The average molecular weight is 290 g/mol. The third-order valence-corrected chi connectivity index (χ3v) is 3.97. The Labute approximate surface area is 101 Å². The predicted octanol–water partition coefficient (Wildman–Crippen LogP) is 2.01. The van der Waals surface area contributed by atoms with Crippen molar-refractivity contribution in [3.63, 3.8) is 0 Å². The van der Waals surface area contributed by atoms with Gasteiger partial charge in [-0.15, -0.1) is 11.3 Å². The molecule has 1 heterocycles. The van der Waals surface area contributed by atoms with Crippen molar-refractivity contribution in [2.45, 2.75) is 18.9 Å². The van der Waals surface area contributed by atoms with Crippen molar-refractivity contribution >= 4 is 33.2 Å². The number of carbonyl (C=O) groups is 1. The maximum Gasteiger partial charge on any atom is 0.252 e. The maximum atomic E-state index is 11.6. The van der Waals surface area contributed by atoms with E-state index in [2.05, 4.69) is 21.2 Å². The molecule has 2 N–H and O–H groups in total. The summed E-state index contributed by atoms with van der Waals surface area (Å²) in [5.41, 5.74) is 0.648. The van der Waals surface area contributed by atoms with Gasteiger partial charge in [-0.05, 0) is 40.8 Å². The van der Waals surface area contributed by atoms with Gasteiger partial charge >= 0.3 is 0 Å². The number of hydrogen-bond donors (Lipinski definition) is 2. The molecule has 0 aromatic carbocycles. The lowest BCUT2D eigenvalue weighted by Crippen LogP contribution is -2.32. The summed E-state index contributed by atoms with van der Waals surface area (Å²) in [6.45, 7) is 0.358. The summed E-state index contributed by atoms with van der Waals surface area (Å²) in [5, 5.41) is 14.1. The van der Waals surface area contributed by atoms with Crippen molar-refractivity contribution in [2.24, 2.45) is 5.92 Å². The molecule has 1 aliphatic carbocycles. The first-order chi connectivity index (χ1) is 7.16. The first-order valence-electron chi connectivity index (χ1n) is 4.87. The van der Waals surface area contributed by atoms with E-state index < -0.39 is 0 Å². The molecule has 5 heteroatoms. The number of amides is 1. The first kappa shape index (κ1) is 11.1. The van der Waals surface area contributed by atoms with Gasteiger partial charge in [-0.1, -0.05) is 0 Å². The fraction of sp³-hybridized carbons (Fsp3) is 0.500. The van der Waals surface area contributed by atoms with E-state index in [0.717, 1.165) is 16.6 Å². The highest BCUT2D eigenvalue weighted by atomic mass is 79.9. The molecule has 1 aliphatic rings. The molecule has 0 spiro atoms. The van der Waals surface area contributed by atoms with Crippen LogP contribution in [0.25, 0.3) is 0 Å². The maximum absolute atomic E-state index is 11.6. The van der Waals surface area contributed by atoms with Gasteiger partial charge in [0.2, 0.25) is 0 Å². The molecule has 1 saturated carbocycles. The SMILES string of the molecule is O=C(NCC(O)C1CC1)c1csc(Br)c1. The molecule has 1 fully saturated rings. The Hall–Kier alpha value is -0.390. The zero-order valence-electron chi connectivity index (χ0n) is 8.07. The van der Waals surface area contributed by atoms with Gasteiger partial charge in [-0.2, -0.15) is 0 Å². The van der Waals surface area contributed by atoms with E-state index >= 15 is 0 Å². The summed E-state index contributed by atoms with van der Waals surface area (Å²) in [7, 11) is 0. The predicted molar refractivity (Wildman–Crippen MR) is 63.1 cm³/mol. The second-order valence-electron chi connectivity index (χ2n) is 3.75. The van der Waals surface area contributed by atoms with Gasteiger partial charge in [-0.3, -0.25) is 4.79 Å². The third-order valence-electron chi connectivity index (χ3n) is 2.47. The smallest absolute Gasteiger partial charge is 0.252 e. The molecule has 0 bridgehead atoms. The zero-order valence-corrected chi connectivity index (χ0v) is 10.5. The van der Waals surface area contributed by atoms with Gasteiger partial charge in [-0.25, -0.2) is 0 Å². The van der Waals surface area contributed by atoms with E-state index in [9.17, 15) is 9.90 Å². The molecule has 0 saturated heterocycles. The highest BCUT2D eigenvalue weighted by Gasteiger charge is 2.29. The van der Waals surface area contributed by atoms with E-state index in [-0.39, 0.29) is 12.0 Å². The van der Waals surface area contributed by atoms with Crippen LogP contribution in [0.15, 0.2) is 15.2 Å². The largest absolute Gasteiger partial charge is 0.391 e. The summed E-state index contributed by atoms with van der Waals surface area (Å²) >= 11 is 4.78. The molecular formula is C10H12BrNO2S. The summed E-state index contributed by atoms with van der Waals surface area (Å²) in [5.74, 6) is 0.288. The Bertz CT molecular complexity index is 362. The summed E-state index contributed by atoms with van der Waals surface area (Å²) in [6.07, 6.45) is 1.79. The summed E-state index contributed by atoms with van der Waals surface area (Å²) in [6, 6.07) is 1.78. The van der Waals surface area contributed by atoms with E-state index in [1.165, 1.54) is 11.3 Å². The van der Waals surface area contributed by atoms with Crippen LogP contribution in [-0.2, 0) is 0 Å². The molecule has 1 aromatic rings. The molecule has 82 valence electrons. The average Bonchev–Trinajstić information content (AvgIpc) is 2.97. The molecule has 2 rings (SSSR count). The number of rotatable bonds is 4. The van der Waals surface area contributed by atoms with Gasteiger partial charge in [0.15, 0.2) is 0 Å². The molecule has 1 amide bonds. The number of hydrogen-bond acceptors (Lipinski definition) is 3. The third kappa shape index (κ3) is 3.03. The van der Waals surface area contributed by atoms with Gasteiger partial charge in [0.25, 0.3) is 5.91 Å². The lowest BCUT2D eigenvalue weighted by molar-refractivity contribution is 0.0901. The summed E-state index contributed by atoms with van der Waals surface area (Å²) < 4.78 is 0.940. The fourth-order valence-electron chi connectivity index (χ4n) is 1.38. The Morgan fingerprint density at radius 1 is 1.73 bits per heavy atom. The van der Waals surface area contributed by atoms with Crippen molar-refractivity contribution < 1.29 is 9.90 Å². The van der Waals surface area contributed by atoms with Crippen LogP contribution in [0.3, 0.4) is 0 Å². The number of nitrogens with one attached hydrogen (secondary N) is 1. The van der Waals surface area contributed by atoms with Crippen LogP contribution < -0.4 is 5.32 Å². The van der Waals surface area contributed by atoms with E-state index in [1.54, 1.807) is 11.4 Å². The van der Waals surface area contributed by atoms with Crippen LogP contribution in [0, 0.1) is 5.92 Å². The number of aliphatic hydroxyl groups is 1. The first-order valence-corrected chi connectivity index (χ1v) is 6.54. The number of carbonyl (C=O) groups excluding carboxylic acids is 1. The van der Waals surface area contributed by atoms with Crippen LogP contribution in [0.4, 0.5) is 0 Å². The van der Waals surface area contributed by atoms with E-state index in [1.807, 2.05) is 0 Å². The van der Waals surface area contributed by atoms with Gasteiger partial charge in [0.05, 0.1) is 15.5 Å². The molecule has 1 unspecified atom stereocenters. The molecular weight excluding hydrogens is 278 g/mol. The lowest BCUT2D eigenvalue weighted by Gasteiger charge is -2.09. The molecule has 0 aliphatic heterocycles. The van der Waals surface area contributed by atoms with Gasteiger partial charge in [0.1, 0.15) is 0 Å². The Morgan fingerprint density at radius 2 is 2.47 bits per heavy atom. The normalized spacial score (nSPS) is 17.5. The molecule has 15 heavy (non-hydrogen) atoms. The number of thiophene rings is 1. The highest BCUT2D eigenvalue weighted by molar-refractivity contribution is 9.11. The van der Waals surface area contributed by atoms with Crippen molar-refractivity contribution in [1.82, 2.24) is 5.32 Å². The van der Waals surface area contributed by atoms with Crippen molar-refractivity contribution in [1.29, 1.82) is 0 Å². The lowest BCUT2D eigenvalue weighted by atomic mass is 10.2. The minimum Gasteiger partial charge on any atom is -0.391 e. The standard InChI is InChI=1S/C10H12BrNO2S/c11-9-3-7(5-15-9)10(14)12-4-8(13)6-1-2-6/h3,5-6,8,13H,1-2,4H2,(H,12,14). The van der Waals surface area contributed by atoms with E-state index in [4.69, 9.17) is 0 Å². The van der Waals surface area contributed by atoms with Gasteiger partial charge in [0, 0.05) is 11.9 Å². The number of aliphatic hydroxyl groups excluding tert-OH is 1. The van der Waals surface area contributed by atoms with Crippen LogP contribution in [-0.4, -0.2) is 23.7 Å². The van der Waals surface area contributed by atoms with E-state index in [0.29, 0.717) is 18.0 Å². The topological polar surface area (TPSA) is 49.3 Å². The molecule has 1 atom stereocenters. The van der Waals surface area contributed by atoms with Crippen molar-refractivity contribution in [2.75, 3.05) is 6.54 Å². The zero-order chi connectivity index (χ0) is 10.8. The Balaban J connectivity index is 1.81. The van der Waals surface area contributed by atoms with Crippen molar-refractivity contribution in [3.05, 3.63) is 20.8 Å². The molecule has 3 nitrogen and oxygen atoms in total. The summed E-state index contributed by atoms with van der Waals surface area (Å²) in [4.78, 5) is 11.6. The van der Waals surface area contributed by atoms with Crippen LogP contribution in [0.1, 0.15) is 23.2 Å².